The third-order valence-electron chi connectivity index (χ3n) is 5.15. The SMILES string of the molecule is Cc1cc(C)c2cc(C(=O)NCCc3nnc4n3CCCCC4)[nH]c2c1. The van der Waals surface area contributed by atoms with E-state index in [9.17, 15) is 4.79 Å². The average molecular weight is 351 g/mol. The van der Waals surface area contributed by atoms with Gasteiger partial charge in [0.15, 0.2) is 0 Å². The van der Waals surface area contributed by atoms with E-state index in [1.54, 1.807) is 0 Å². The molecule has 1 aromatic carbocycles. The second kappa shape index (κ2) is 6.94. The zero-order valence-corrected chi connectivity index (χ0v) is 15.4. The Morgan fingerprint density at radius 1 is 1.19 bits per heavy atom. The molecule has 6 heteroatoms. The fraction of sp³-hybridized carbons (Fsp3) is 0.450. The molecule has 136 valence electrons. The summed E-state index contributed by atoms with van der Waals surface area (Å²) in [7, 11) is 0. The number of fused-ring (bicyclic) bond motifs is 2. The van der Waals surface area contributed by atoms with Crippen molar-refractivity contribution in [2.45, 2.75) is 52.5 Å². The molecule has 3 heterocycles. The minimum Gasteiger partial charge on any atom is -0.351 e. The molecule has 3 aromatic rings. The van der Waals surface area contributed by atoms with Gasteiger partial charge in [-0.05, 0) is 49.9 Å². The Morgan fingerprint density at radius 3 is 2.96 bits per heavy atom. The van der Waals surface area contributed by atoms with Gasteiger partial charge in [-0.3, -0.25) is 4.79 Å². The predicted octanol–water partition coefficient (Wildman–Crippen LogP) is 3.08. The summed E-state index contributed by atoms with van der Waals surface area (Å²) in [5, 5.41) is 12.7. The number of rotatable bonds is 4. The molecule has 0 atom stereocenters. The molecule has 0 saturated carbocycles. The molecule has 2 N–H and O–H groups in total. The number of nitrogens with one attached hydrogen (secondary N) is 2. The highest BCUT2D eigenvalue weighted by molar-refractivity contribution is 5.98. The van der Waals surface area contributed by atoms with Crippen LogP contribution in [0.5, 0.6) is 0 Å². The fourth-order valence-electron chi connectivity index (χ4n) is 3.83. The summed E-state index contributed by atoms with van der Waals surface area (Å²) in [4.78, 5) is 15.7. The van der Waals surface area contributed by atoms with Crippen molar-refractivity contribution in [3.63, 3.8) is 0 Å². The van der Waals surface area contributed by atoms with Crippen LogP contribution in [-0.4, -0.2) is 32.2 Å². The molecular weight excluding hydrogens is 326 g/mol. The highest BCUT2D eigenvalue weighted by Gasteiger charge is 2.15. The molecule has 0 spiro atoms. The average Bonchev–Trinajstić information content (AvgIpc) is 3.12. The minimum absolute atomic E-state index is 0.0751. The monoisotopic (exact) mass is 351 g/mol. The van der Waals surface area contributed by atoms with Crippen LogP contribution < -0.4 is 5.32 Å². The number of aromatic nitrogens is 4. The van der Waals surface area contributed by atoms with E-state index < -0.39 is 0 Å². The van der Waals surface area contributed by atoms with Gasteiger partial charge in [-0.25, -0.2) is 0 Å². The van der Waals surface area contributed by atoms with Crippen molar-refractivity contribution < 1.29 is 4.79 Å². The Kier molecular flexibility index (Phi) is 4.49. The van der Waals surface area contributed by atoms with Crippen LogP contribution in [0.4, 0.5) is 0 Å². The Bertz CT molecular complexity index is 953. The van der Waals surface area contributed by atoms with Crippen molar-refractivity contribution in [3.05, 3.63) is 46.7 Å². The van der Waals surface area contributed by atoms with E-state index in [-0.39, 0.29) is 5.91 Å². The number of nitrogens with zero attached hydrogens (tertiary/aromatic N) is 3. The van der Waals surface area contributed by atoms with Gasteiger partial charge in [0.05, 0.1) is 0 Å². The van der Waals surface area contributed by atoms with Gasteiger partial charge in [0.25, 0.3) is 5.91 Å². The van der Waals surface area contributed by atoms with Gasteiger partial charge < -0.3 is 14.9 Å². The van der Waals surface area contributed by atoms with Crippen molar-refractivity contribution >= 4 is 16.8 Å². The number of carbonyl (C=O) groups excluding carboxylic acids is 1. The maximum atomic E-state index is 12.5. The van der Waals surface area contributed by atoms with Crippen molar-refractivity contribution in [2.24, 2.45) is 0 Å². The Hall–Kier alpha value is -2.63. The number of H-pyrrole nitrogens is 1. The molecule has 0 saturated heterocycles. The van der Waals surface area contributed by atoms with Gasteiger partial charge in [0.2, 0.25) is 0 Å². The van der Waals surface area contributed by atoms with Crippen LogP contribution in [0.1, 0.15) is 52.5 Å². The van der Waals surface area contributed by atoms with E-state index in [1.807, 2.05) is 6.07 Å². The summed E-state index contributed by atoms with van der Waals surface area (Å²) in [5.41, 5.74) is 3.99. The molecule has 1 aliphatic rings. The number of carbonyl (C=O) groups is 1. The lowest BCUT2D eigenvalue weighted by atomic mass is 10.1. The first kappa shape index (κ1) is 16.8. The van der Waals surface area contributed by atoms with Crippen molar-refractivity contribution in [1.29, 1.82) is 0 Å². The summed E-state index contributed by atoms with van der Waals surface area (Å²) in [6.45, 7) is 5.69. The smallest absolute Gasteiger partial charge is 0.267 e. The van der Waals surface area contributed by atoms with Crippen LogP contribution >= 0.6 is 0 Å². The van der Waals surface area contributed by atoms with E-state index in [0.717, 1.165) is 35.5 Å². The van der Waals surface area contributed by atoms with Crippen LogP contribution in [0, 0.1) is 13.8 Å². The number of amides is 1. The molecule has 1 aliphatic heterocycles. The van der Waals surface area contributed by atoms with Crippen molar-refractivity contribution in [2.75, 3.05) is 6.54 Å². The molecule has 0 aliphatic carbocycles. The van der Waals surface area contributed by atoms with Gasteiger partial charge in [0.1, 0.15) is 17.3 Å². The van der Waals surface area contributed by atoms with E-state index >= 15 is 0 Å². The number of aryl methyl sites for hydroxylation is 3. The molecule has 1 amide bonds. The summed E-state index contributed by atoms with van der Waals surface area (Å²) in [6, 6.07) is 6.14. The van der Waals surface area contributed by atoms with Crippen LogP contribution in [-0.2, 0) is 19.4 Å². The third kappa shape index (κ3) is 3.23. The summed E-state index contributed by atoms with van der Waals surface area (Å²) < 4.78 is 2.23. The van der Waals surface area contributed by atoms with Crippen molar-refractivity contribution in [1.82, 2.24) is 25.1 Å². The number of hydrogen-bond donors (Lipinski definition) is 2. The standard InChI is InChI=1S/C20H25N5O/c1-13-10-14(2)15-12-17(22-16(15)11-13)20(26)21-8-7-19-24-23-18-6-4-3-5-9-25(18)19/h10-12,22H,3-9H2,1-2H3,(H,21,26). The largest absolute Gasteiger partial charge is 0.351 e. The minimum atomic E-state index is -0.0751. The maximum Gasteiger partial charge on any atom is 0.267 e. The first-order valence-electron chi connectivity index (χ1n) is 9.41. The van der Waals surface area contributed by atoms with Gasteiger partial charge >= 0.3 is 0 Å². The highest BCUT2D eigenvalue weighted by Crippen LogP contribution is 2.21. The van der Waals surface area contributed by atoms with Gasteiger partial charge in [-0.2, -0.15) is 0 Å². The van der Waals surface area contributed by atoms with Gasteiger partial charge in [-0.1, -0.05) is 12.5 Å². The molecule has 26 heavy (non-hydrogen) atoms. The lowest BCUT2D eigenvalue weighted by Crippen LogP contribution is -2.26. The van der Waals surface area contributed by atoms with E-state index in [2.05, 4.69) is 51.0 Å². The topological polar surface area (TPSA) is 75.6 Å². The Balaban J connectivity index is 1.42. The molecule has 2 aromatic heterocycles. The molecule has 4 rings (SSSR count). The predicted molar refractivity (Wildman–Crippen MR) is 101 cm³/mol. The van der Waals surface area contributed by atoms with E-state index in [1.165, 1.54) is 30.4 Å². The van der Waals surface area contributed by atoms with Crippen LogP contribution in [0.3, 0.4) is 0 Å². The van der Waals surface area contributed by atoms with Crippen LogP contribution in [0.25, 0.3) is 10.9 Å². The first-order valence-corrected chi connectivity index (χ1v) is 9.41. The molecule has 0 bridgehead atoms. The second-order valence-electron chi connectivity index (χ2n) is 7.23. The Morgan fingerprint density at radius 2 is 2.08 bits per heavy atom. The second-order valence-corrected chi connectivity index (χ2v) is 7.23. The lowest BCUT2D eigenvalue weighted by Gasteiger charge is -2.07. The molecule has 0 radical (unpaired) electrons. The van der Waals surface area contributed by atoms with Crippen LogP contribution in [0.2, 0.25) is 0 Å². The highest BCUT2D eigenvalue weighted by atomic mass is 16.1. The number of benzene rings is 1. The molecular formula is C20H25N5O. The third-order valence-corrected chi connectivity index (χ3v) is 5.15. The van der Waals surface area contributed by atoms with Gasteiger partial charge in [-0.15, -0.1) is 10.2 Å². The molecule has 6 nitrogen and oxygen atoms in total. The number of hydrogen-bond acceptors (Lipinski definition) is 3. The summed E-state index contributed by atoms with van der Waals surface area (Å²) in [6.07, 6.45) is 5.33. The van der Waals surface area contributed by atoms with Gasteiger partial charge in [0, 0.05) is 36.8 Å². The van der Waals surface area contributed by atoms with E-state index in [0.29, 0.717) is 18.7 Å². The Labute approximate surface area is 153 Å². The summed E-state index contributed by atoms with van der Waals surface area (Å²) in [5.74, 6) is 1.99. The number of aromatic amines is 1. The normalized spacial score (nSPS) is 14.2. The fourth-order valence-corrected chi connectivity index (χ4v) is 3.83. The zero-order valence-electron chi connectivity index (χ0n) is 15.4. The maximum absolute atomic E-state index is 12.5. The van der Waals surface area contributed by atoms with Crippen LogP contribution in [0.15, 0.2) is 18.2 Å². The summed E-state index contributed by atoms with van der Waals surface area (Å²) >= 11 is 0. The van der Waals surface area contributed by atoms with E-state index in [4.69, 9.17) is 0 Å². The molecule has 0 unspecified atom stereocenters. The quantitative estimate of drug-likeness (QED) is 0.758. The van der Waals surface area contributed by atoms with Crippen molar-refractivity contribution in [3.8, 4) is 0 Å². The zero-order chi connectivity index (χ0) is 18.1. The lowest BCUT2D eigenvalue weighted by molar-refractivity contribution is 0.0949. The molecule has 0 fully saturated rings. The first-order chi connectivity index (χ1) is 12.6.